The minimum absolute atomic E-state index is 0.110. The van der Waals surface area contributed by atoms with Gasteiger partial charge in [-0.25, -0.2) is 0 Å². The highest BCUT2D eigenvalue weighted by atomic mass is 35.5. The maximum Gasteiger partial charge on any atom is 0.269 e. The van der Waals surface area contributed by atoms with Crippen LogP contribution < -0.4 is 20.3 Å². The molecule has 8 nitrogen and oxygen atoms in total. The molecule has 0 unspecified atom stereocenters. The molecule has 10 heteroatoms. The molecular weight excluding hydrogens is 503 g/mol. The summed E-state index contributed by atoms with van der Waals surface area (Å²) in [4.78, 5) is 30.8. The van der Waals surface area contributed by atoms with Crippen molar-refractivity contribution in [3.05, 3.63) is 97.9 Å². The molecule has 0 fully saturated rings. The smallest absolute Gasteiger partial charge is 0.269 e. The second-order valence-corrected chi connectivity index (χ2v) is 8.40. The molecule has 0 aliphatic rings. The Labute approximate surface area is 215 Å². The molecular formula is C26H18Cl2N4O4. The summed E-state index contributed by atoms with van der Waals surface area (Å²) in [5.74, 6) is -0.131. The summed E-state index contributed by atoms with van der Waals surface area (Å²) in [5, 5.41) is 12.9. The largest absolute Gasteiger partial charge is 0.497 e. The average molecular weight is 521 g/mol. The van der Waals surface area contributed by atoms with Gasteiger partial charge >= 0.3 is 0 Å². The predicted molar refractivity (Wildman–Crippen MR) is 138 cm³/mol. The first-order valence-electron chi connectivity index (χ1n) is 10.5. The number of carbonyl (C=O) groups is 1. The zero-order valence-electron chi connectivity index (χ0n) is 19.1. The topological polar surface area (TPSA) is 106 Å². The molecule has 4 rings (SSSR count). The van der Waals surface area contributed by atoms with Crippen molar-refractivity contribution in [1.82, 2.24) is 9.38 Å². The van der Waals surface area contributed by atoms with Gasteiger partial charge in [0.2, 0.25) is 5.88 Å². The lowest BCUT2D eigenvalue weighted by Gasteiger charge is -2.12. The SMILES string of the molecule is COc1cccc(NC(=O)/C(C#N)=C\c2c(Oc3ccc(Cl)cc3Cl)nc3c(C)cccn3c2=O)c1. The Morgan fingerprint density at radius 1 is 1.17 bits per heavy atom. The number of ether oxygens (including phenoxy) is 2. The van der Waals surface area contributed by atoms with Crippen molar-refractivity contribution < 1.29 is 14.3 Å². The molecule has 0 spiro atoms. The number of rotatable bonds is 6. The fourth-order valence-electron chi connectivity index (χ4n) is 3.35. The molecule has 180 valence electrons. The first-order valence-corrected chi connectivity index (χ1v) is 11.3. The Balaban J connectivity index is 1.83. The summed E-state index contributed by atoms with van der Waals surface area (Å²) in [6.07, 6.45) is 2.68. The van der Waals surface area contributed by atoms with E-state index < -0.39 is 11.5 Å². The summed E-state index contributed by atoms with van der Waals surface area (Å²) in [6, 6.07) is 16.5. The molecule has 0 radical (unpaired) electrons. The fourth-order valence-corrected chi connectivity index (χ4v) is 3.79. The van der Waals surface area contributed by atoms with Crippen LogP contribution in [0.1, 0.15) is 11.1 Å². The number of nitrogens with one attached hydrogen (secondary N) is 1. The van der Waals surface area contributed by atoms with Crippen LogP contribution in [-0.4, -0.2) is 22.4 Å². The summed E-state index contributed by atoms with van der Waals surface area (Å²) in [5.41, 5.74) is 0.491. The zero-order chi connectivity index (χ0) is 25.8. The lowest BCUT2D eigenvalue weighted by molar-refractivity contribution is -0.112. The van der Waals surface area contributed by atoms with Gasteiger partial charge in [0.15, 0.2) is 0 Å². The number of anilines is 1. The molecule has 0 saturated carbocycles. The number of aromatic nitrogens is 2. The molecule has 2 aromatic carbocycles. The lowest BCUT2D eigenvalue weighted by Crippen LogP contribution is -2.20. The minimum atomic E-state index is -0.727. The molecule has 36 heavy (non-hydrogen) atoms. The number of amides is 1. The van der Waals surface area contributed by atoms with E-state index in [1.54, 1.807) is 49.4 Å². The number of nitriles is 1. The van der Waals surface area contributed by atoms with Crippen LogP contribution in [0.15, 0.2) is 71.2 Å². The standard InChI is InChI=1S/C26H18Cl2N4O4/c1-15-5-4-10-32-23(15)31-25(36-22-9-8-17(27)12-21(22)28)20(26(32)34)11-16(14-29)24(33)30-18-6-3-7-19(13-18)35-2/h3-13H,1-2H3,(H,30,33)/b16-11-. The Morgan fingerprint density at radius 3 is 2.69 bits per heavy atom. The van der Waals surface area contributed by atoms with Crippen LogP contribution in [0.25, 0.3) is 11.7 Å². The van der Waals surface area contributed by atoms with Crippen molar-refractivity contribution in [2.24, 2.45) is 0 Å². The molecule has 1 N–H and O–H groups in total. The van der Waals surface area contributed by atoms with Gasteiger partial charge in [0.25, 0.3) is 11.5 Å². The highest BCUT2D eigenvalue weighted by Gasteiger charge is 2.19. The van der Waals surface area contributed by atoms with E-state index in [0.717, 1.165) is 6.08 Å². The van der Waals surface area contributed by atoms with E-state index in [1.807, 2.05) is 6.07 Å². The number of fused-ring (bicyclic) bond motifs is 1. The Morgan fingerprint density at radius 2 is 1.97 bits per heavy atom. The Hall–Kier alpha value is -4.32. The number of nitrogens with zero attached hydrogens (tertiary/aromatic N) is 3. The molecule has 2 heterocycles. The van der Waals surface area contributed by atoms with Crippen LogP contribution in [0.5, 0.6) is 17.4 Å². The second-order valence-electron chi connectivity index (χ2n) is 7.55. The number of pyridine rings is 1. The summed E-state index contributed by atoms with van der Waals surface area (Å²) < 4.78 is 12.4. The number of halogens is 2. The number of aryl methyl sites for hydroxylation is 1. The van der Waals surface area contributed by atoms with E-state index in [2.05, 4.69) is 10.3 Å². The van der Waals surface area contributed by atoms with Gasteiger partial charge in [-0.05, 0) is 55.0 Å². The van der Waals surface area contributed by atoms with E-state index in [0.29, 0.717) is 27.7 Å². The van der Waals surface area contributed by atoms with Crippen molar-refractivity contribution in [2.45, 2.75) is 6.92 Å². The highest BCUT2D eigenvalue weighted by molar-refractivity contribution is 6.35. The van der Waals surface area contributed by atoms with E-state index >= 15 is 0 Å². The van der Waals surface area contributed by atoms with Crippen LogP contribution in [0, 0.1) is 18.3 Å². The molecule has 0 atom stereocenters. The quantitative estimate of drug-likeness (QED) is 0.260. The molecule has 2 aromatic heterocycles. The van der Waals surface area contributed by atoms with Crippen molar-refractivity contribution in [3.8, 4) is 23.4 Å². The first kappa shape index (κ1) is 24.8. The van der Waals surface area contributed by atoms with Crippen LogP contribution in [0.2, 0.25) is 10.0 Å². The maximum absolute atomic E-state index is 13.4. The van der Waals surface area contributed by atoms with E-state index in [4.69, 9.17) is 32.7 Å². The third kappa shape index (κ3) is 5.18. The summed E-state index contributed by atoms with van der Waals surface area (Å²) >= 11 is 12.2. The number of methoxy groups -OCH3 is 1. The van der Waals surface area contributed by atoms with Crippen LogP contribution in [0.4, 0.5) is 5.69 Å². The monoisotopic (exact) mass is 520 g/mol. The summed E-state index contributed by atoms with van der Waals surface area (Å²) in [6.45, 7) is 1.79. The van der Waals surface area contributed by atoms with E-state index in [9.17, 15) is 14.9 Å². The maximum atomic E-state index is 13.4. The first-order chi connectivity index (χ1) is 17.3. The molecule has 0 bridgehead atoms. The molecule has 0 aliphatic heterocycles. The van der Waals surface area contributed by atoms with Gasteiger partial charge < -0.3 is 14.8 Å². The number of hydrogen-bond donors (Lipinski definition) is 1. The molecule has 0 aliphatic carbocycles. The Kier molecular flexibility index (Phi) is 7.25. The third-order valence-corrected chi connectivity index (χ3v) is 5.66. The molecule has 4 aromatic rings. The van der Waals surface area contributed by atoms with Crippen LogP contribution in [0.3, 0.4) is 0 Å². The second kappa shape index (κ2) is 10.5. The van der Waals surface area contributed by atoms with Crippen molar-refractivity contribution in [3.63, 3.8) is 0 Å². The van der Waals surface area contributed by atoms with Gasteiger partial charge in [-0.1, -0.05) is 35.3 Å². The predicted octanol–water partition coefficient (Wildman–Crippen LogP) is 5.66. The minimum Gasteiger partial charge on any atom is -0.497 e. The highest BCUT2D eigenvalue weighted by Crippen LogP contribution is 2.32. The van der Waals surface area contributed by atoms with Gasteiger partial charge in [0, 0.05) is 23.0 Å². The zero-order valence-corrected chi connectivity index (χ0v) is 20.6. The number of carbonyl (C=O) groups excluding carboxylic acids is 1. The van der Waals surface area contributed by atoms with E-state index in [1.165, 1.54) is 29.8 Å². The van der Waals surface area contributed by atoms with Crippen molar-refractivity contribution in [2.75, 3.05) is 12.4 Å². The molecule has 0 saturated heterocycles. The van der Waals surface area contributed by atoms with Gasteiger partial charge in [-0.3, -0.25) is 14.0 Å². The van der Waals surface area contributed by atoms with E-state index in [-0.39, 0.29) is 27.8 Å². The number of benzene rings is 2. The summed E-state index contributed by atoms with van der Waals surface area (Å²) in [7, 11) is 1.50. The normalized spacial score (nSPS) is 11.1. The molecule has 1 amide bonds. The average Bonchev–Trinajstić information content (AvgIpc) is 2.86. The lowest BCUT2D eigenvalue weighted by atomic mass is 10.1. The fraction of sp³-hybridized carbons (Fsp3) is 0.0769. The van der Waals surface area contributed by atoms with Gasteiger partial charge in [-0.2, -0.15) is 10.2 Å². The van der Waals surface area contributed by atoms with Crippen molar-refractivity contribution >= 4 is 46.5 Å². The Bertz CT molecular complexity index is 1620. The van der Waals surface area contributed by atoms with Gasteiger partial charge in [0.1, 0.15) is 34.4 Å². The number of hydrogen-bond acceptors (Lipinski definition) is 6. The van der Waals surface area contributed by atoms with Crippen LogP contribution >= 0.6 is 23.2 Å². The van der Waals surface area contributed by atoms with Crippen LogP contribution in [-0.2, 0) is 4.79 Å². The van der Waals surface area contributed by atoms with Gasteiger partial charge in [0.05, 0.1) is 12.1 Å². The van der Waals surface area contributed by atoms with Crippen molar-refractivity contribution in [1.29, 1.82) is 5.26 Å². The van der Waals surface area contributed by atoms with Gasteiger partial charge in [-0.15, -0.1) is 0 Å². The third-order valence-electron chi connectivity index (χ3n) is 5.13.